The highest BCUT2D eigenvalue weighted by Gasteiger charge is 2.49. The number of halogens is 3. The third-order valence-electron chi connectivity index (χ3n) is 5.44. The number of amides is 1. The topological polar surface area (TPSA) is 47.4 Å². The van der Waals surface area contributed by atoms with Crippen LogP contribution in [-0.2, 0) is 22.3 Å². The zero-order valence-electron chi connectivity index (χ0n) is 13.8. The molecule has 3 atom stereocenters. The first-order valence-electron chi connectivity index (χ1n) is 8.16. The van der Waals surface area contributed by atoms with Gasteiger partial charge in [-0.05, 0) is 37.2 Å². The van der Waals surface area contributed by atoms with Gasteiger partial charge in [0, 0.05) is 25.9 Å². The average molecular weight is 345 g/mol. The third kappa shape index (κ3) is 3.16. The van der Waals surface area contributed by atoms with E-state index in [4.69, 9.17) is 4.74 Å². The normalized spacial score (nSPS) is 30.5. The Bertz CT molecular complexity index is 616. The zero-order valence-corrected chi connectivity index (χ0v) is 13.8. The Kier molecular flexibility index (Phi) is 4.36. The van der Waals surface area contributed by atoms with Gasteiger partial charge < -0.3 is 9.64 Å². The van der Waals surface area contributed by atoms with Crippen LogP contribution >= 0.6 is 0 Å². The molecule has 1 aliphatic carbocycles. The molecule has 1 amide bonds. The summed E-state index contributed by atoms with van der Waals surface area (Å²) >= 11 is 0. The molecule has 2 heterocycles. The van der Waals surface area contributed by atoms with Crippen LogP contribution < -0.4 is 0 Å². The Morgan fingerprint density at radius 2 is 2.21 bits per heavy atom. The SMILES string of the molecule is CO[C@@H]1CC[C@H]2N(C(=O)Cn3ccc(C(F)(F)F)n3)CC[C@@]2(C)C1. The zero-order chi connectivity index (χ0) is 17.5. The number of carbonyl (C=O) groups excluding carboxylic acids is 1. The van der Waals surface area contributed by atoms with Crippen molar-refractivity contribution in [2.45, 2.75) is 57.5 Å². The van der Waals surface area contributed by atoms with Gasteiger partial charge in [0.25, 0.3) is 0 Å². The molecule has 1 aliphatic heterocycles. The van der Waals surface area contributed by atoms with Gasteiger partial charge in [-0.3, -0.25) is 9.48 Å². The molecule has 0 bridgehead atoms. The second-order valence-corrected chi connectivity index (χ2v) is 7.04. The van der Waals surface area contributed by atoms with Crippen molar-refractivity contribution in [1.82, 2.24) is 14.7 Å². The van der Waals surface area contributed by atoms with Crippen molar-refractivity contribution in [3.8, 4) is 0 Å². The van der Waals surface area contributed by atoms with Crippen molar-refractivity contribution in [3.63, 3.8) is 0 Å². The van der Waals surface area contributed by atoms with E-state index in [2.05, 4.69) is 12.0 Å². The van der Waals surface area contributed by atoms with Crippen molar-refractivity contribution in [3.05, 3.63) is 18.0 Å². The lowest BCUT2D eigenvalue weighted by molar-refractivity contribution is -0.142. The molecule has 2 fully saturated rings. The quantitative estimate of drug-likeness (QED) is 0.846. The number of nitrogens with zero attached hydrogens (tertiary/aromatic N) is 3. The molecular formula is C16H22F3N3O2. The Hall–Kier alpha value is -1.57. The van der Waals surface area contributed by atoms with Crippen LogP contribution in [0.3, 0.4) is 0 Å². The lowest BCUT2D eigenvalue weighted by Crippen LogP contribution is -2.47. The fraction of sp³-hybridized carbons (Fsp3) is 0.750. The van der Waals surface area contributed by atoms with E-state index < -0.39 is 11.9 Å². The van der Waals surface area contributed by atoms with Crippen LogP contribution in [0.2, 0.25) is 0 Å². The number of ether oxygens (including phenoxy) is 1. The van der Waals surface area contributed by atoms with Gasteiger partial charge in [-0.25, -0.2) is 0 Å². The fourth-order valence-corrected chi connectivity index (χ4v) is 4.11. The maximum absolute atomic E-state index is 12.6. The summed E-state index contributed by atoms with van der Waals surface area (Å²) in [5.41, 5.74) is -0.947. The lowest BCUT2D eigenvalue weighted by Gasteiger charge is -2.42. The van der Waals surface area contributed by atoms with Gasteiger partial charge in [-0.2, -0.15) is 18.3 Å². The standard InChI is InChI=1S/C16H22F3N3O2/c1-15-6-8-22(13(15)4-3-11(9-15)24-2)14(23)10-21-7-5-12(20-21)16(17,18)19/h5,7,11,13H,3-4,6,8-10H2,1-2H3/t11-,13-,15+/m1/s1. The van der Waals surface area contributed by atoms with E-state index in [0.29, 0.717) is 6.54 Å². The summed E-state index contributed by atoms with van der Waals surface area (Å²) in [5, 5.41) is 3.46. The van der Waals surface area contributed by atoms with Gasteiger partial charge >= 0.3 is 6.18 Å². The third-order valence-corrected chi connectivity index (χ3v) is 5.44. The molecule has 1 aromatic heterocycles. The summed E-state index contributed by atoms with van der Waals surface area (Å²) in [6.07, 6.45) is 0.529. The van der Waals surface area contributed by atoms with Gasteiger partial charge in [0.15, 0.2) is 5.69 Å². The Morgan fingerprint density at radius 1 is 1.46 bits per heavy atom. The first-order chi connectivity index (χ1) is 11.2. The Morgan fingerprint density at radius 3 is 2.83 bits per heavy atom. The molecule has 1 saturated carbocycles. The van der Waals surface area contributed by atoms with E-state index >= 15 is 0 Å². The first kappa shape index (κ1) is 17.3. The van der Waals surface area contributed by atoms with E-state index in [0.717, 1.165) is 36.4 Å². The summed E-state index contributed by atoms with van der Waals surface area (Å²) < 4.78 is 44.3. The van der Waals surface area contributed by atoms with Crippen molar-refractivity contribution in [2.75, 3.05) is 13.7 Å². The molecule has 24 heavy (non-hydrogen) atoms. The van der Waals surface area contributed by atoms with Gasteiger partial charge in [0.2, 0.25) is 5.91 Å². The van der Waals surface area contributed by atoms with E-state index in [1.165, 1.54) is 6.20 Å². The smallest absolute Gasteiger partial charge is 0.381 e. The maximum atomic E-state index is 12.6. The molecular weight excluding hydrogens is 323 g/mol. The molecule has 134 valence electrons. The van der Waals surface area contributed by atoms with Crippen molar-refractivity contribution < 1.29 is 22.7 Å². The van der Waals surface area contributed by atoms with E-state index in [1.807, 2.05) is 4.90 Å². The molecule has 2 aliphatic rings. The number of aromatic nitrogens is 2. The van der Waals surface area contributed by atoms with Crippen LogP contribution in [0.15, 0.2) is 12.3 Å². The summed E-state index contributed by atoms with van der Waals surface area (Å²) in [5.74, 6) is -0.170. The van der Waals surface area contributed by atoms with Gasteiger partial charge in [0.05, 0.1) is 6.10 Å². The van der Waals surface area contributed by atoms with Crippen molar-refractivity contribution in [2.24, 2.45) is 5.41 Å². The minimum atomic E-state index is -4.49. The summed E-state index contributed by atoms with van der Waals surface area (Å²) in [6, 6.07) is 1.03. The highest BCUT2D eigenvalue weighted by atomic mass is 19.4. The molecule has 3 rings (SSSR count). The summed E-state index contributed by atoms with van der Waals surface area (Å²) in [7, 11) is 1.71. The molecule has 0 N–H and O–H groups in total. The number of likely N-dealkylation sites (tertiary alicyclic amines) is 1. The molecule has 8 heteroatoms. The molecule has 0 radical (unpaired) electrons. The molecule has 1 saturated heterocycles. The minimum Gasteiger partial charge on any atom is -0.381 e. The second kappa shape index (κ2) is 6.06. The molecule has 0 aromatic carbocycles. The Labute approximate surface area is 138 Å². The largest absolute Gasteiger partial charge is 0.435 e. The number of rotatable bonds is 3. The predicted molar refractivity (Wildman–Crippen MR) is 80.1 cm³/mol. The number of hydrogen-bond acceptors (Lipinski definition) is 3. The summed E-state index contributed by atoms with van der Waals surface area (Å²) in [4.78, 5) is 14.4. The second-order valence-electron chi connectivity index (χ2n) is 7.04. The van der Waals surface area contributed by atoms with Gasteiger partial charge in [-0.15, -0.1) is 0 Å². The van der Waals surface area contributed by atoms with Crippen molar-refractivity contribution >= 4 is 5.91 Å². The monoisotopic (exact) mass is 345 g/mol. The van der Waals surface area contributed by atoms with Crippen LogP contribution in [0.4, 0.5) is 13.2 Å². The van der Waals surface area contributed by atoms with Crippen LogP contribution in [0, 0.1) is 5.41 Å². The number of methoxy groups -OCH3 is 1. The molecule has 0 unspecified atom stereocenters. The predicted octanol–water partition coefficient (Wildman–Crippen LogP) is 2.71. The van der Waals surface area contributed by atoms with Gasteiger partial charge in [0.1, 0.15) is 6.54 Å². The van der Waals surface area contributed by atoms with Crippen LogP contribution in [0.25, 0.3) is 0 Å². The van der Waals surface area contributed by atoms with Crippen LogP contribution in [0.1, 0.15) is 38.3 Å². The van der Waals surface area contributed by atoms with Crippen molar-refractivity contribution in [1.29, 1.82) is 0 Å². The fourth-order valence-electron chi connectivity index (χ4n) is 4.11. The van der Waals surface area contributed by atoms with E-state index in [9.17, 15) is 18.0 Å². The Balaban J connectivity index is 1.67. The summed E-state index contributed by atoms with van der Waals surface area (Å²) in [6.45, 7) is 2.66. The van der Waals surface area contributed by atoms with Crippen LogP contribution in [-0.4, -0.2) is 46.4 Å². The average Bonchev–Trinajstić information content (AvgIpc) is 3.09. The first-order valence-corrected chi connectivity index (χ1v) is 8.16. The van der Waals surface area contributed by atoms with E-state index in [-0.39, 0.29) is 30.0 Å². The molecule has 1 aromatic rings. The minimum absolute atomic E-state index is 0.0236. The number of hydrogen-bond donors (Lipinski definition) is 0. The highest BCUT2D eigenvalue weighted by molar-refractivity contribution is 5.76. The molecule has 5 nitrogen and oxygen atoms in total. The number of carbonyl (C=O) groups is 1. The van der Waals surface area contributed by atoms with Crippen LogP contribution in [0.5, 0.6) is 0 Å². The van der Waals surface area contributed by atoms with Gasteiger partial charge in [-0.1, -0.05) is 6.92 Å². The van der Waals surface area contributed by atoms with E-state index in [1.54, 1.807) is 7.11 Å². The highest BCUT2D eigenvalue weighted by Crippen LogP contribution is 2.47. The lowest BCUT2D eigenvalue weighted by atomic mass is 9.71. The number of fused-ring (bicyclic) bond motifs is 1. The number of alkyl halides is 3. The molecule has 0 spiro atoms. The maximum Gasteiger partial charge on any atom is 0.435 e.